The van der Waals surface area contributed by atoms with Gasteiger partial charge in [0, 0.05) is 26.6 Å². The predicted molar refractivity (Wildman–Crippen MR) is 72.7 cm³/mol. The molecule has 0 saturated carbocycles. The number of benzene rings is 1. The number of aliphatic hydroxyl groups is 1. The van der Waals surface area contributed by atoms with Gasteiger partial charge in [-0.3, -0.25) is 4.79 Å². The molecule has 1 aromatic carbocycles. The highest BCUT2D eigenvalue weighted by atomic mass is 16.5. The van der Waals surface area contributed by atoms with Crippen molar-refractivity contribution in [1.82, 2.24) is 5.32 Å². The summed E-state index contributed by atoms with van der Waals surface area (Å²) in [4.78, 5) is 12.0. The predicted octanol–water partition coefficient (Wildman–Crippen LogP) is 1.43. The lowest BCUT2D eigenvalue weighted by Gasteiger charge is -2.19. The molecule has 0 radical (unpaired) electrons. The summed E-state index contributed by atoms with van der Waals surface area (Å²) in [6.45, 7) is 2.54. The van der Waals surface area contributed by atoms with E-state index in [-0.39, 0.29) is 17.9 Å². The fraction of sp³-hybridized carbons (Fsp3) is 0.533. The minimum Gasteiger partial charge on any atom is -0.390 e. The summed E-state index contributed by atoms with van der Waals surface area (Å²) in [6, 6.07) is 7.58. The molecule has 0 fully saturated rings. The Kier molecular flexibility index (Phi) is 4.56. The number of rotatable bonds is 5. The first kappa shape index (κ1) is 14.0. The number of amides is 1. The molecule has 2 rings (SSSR count). The maximum absolute atomic E-state index is 12.0. The molecule has 1 amide bonds. The molecule has 0 aromatic heterocycles. The second kappa shape index (κ2) is 6.17. The lowest BCUT2D eigenvalue weighted by atomic mass is 10.1. The van der Waals surface area contributed by atoms with Crippen LogP contribution in [0.5, 0.6) is 0 Å². The van der Waals surface area contributed by atoms with Crippen LogP contribution in [0.15, 0.2) is 24.3 Å². The minimum atomic E-state index is -0.529. The SMILES string of the molecule is COCC(C)CC(=O)N[C@H]1c2ccccc2C[C@H]1O. The van der Waals surface area contributed by atoms with Crippen molar-refractivity contribution in [3.8, 4) is 0 Å². The van der Waals surface area contributed by atoms with Gasteiger partial charge in [0.25, 0.3) is 0 Å². The van der Waals surface area contributed by atoms with Gasteiger partial charge >= 0.3 is 0 Å². The van der Waals surface area contributed by atoms with E-state index in [4.69, 9.17) is 4.74 Å². The van der Waals surface area contributed by atoms with Gasteiger partial charge in [0.05, 0.1) is 12.1 Å². The summed E-state index contributed by atoms with van der Waals surface area (Å²) >= 11 is 0. The van der Waals surface area contributed by atoms with E-state index in [0.717, 1.165) is 11.1 Å². The fourth-order valence-electron chi connectivity index (χ4n) is 2.64. The summed E-state index contributed by atoms with van der Waals surface area (Å²) < 4.78 is 5.02. The van der Waals surface area contributed by atoms with Crippen LogP contribution in [0.1, 0.15) is 30.5 Å². The largest absolute Gasteiger partial charge is 0.390 e. The molecule has 0 spiro atoms. The summed E-state index contributed by atoms with van der Waals surface area (Å²) in [5.74, 6) is 0.143. The van der Waals surface area contributed by atoms with E-state index in [1.54, 1.807) is 7.11 Å². The Morgan fingerprint density at radius 1 is 1.53 bits per heavy atom. The molecular weight excluding hydrogens is 242 g/mol. The van der Waals surface area contributed by atoms with Crippen molar-refractivity contribution in [2.75, 3.05) is 13.7 Å². The Hall–Kier alpha value is -1.39. The number of aliphatic hydroxyl groups excluding tert-OH is 1. The summed E-state index contributed by atoms with van der Waals surface area (Å²) in [6.07, 6.45) is 0.493. The third-order valence-electron chi connectivity index (χ3n) is 3.51. The number of carbonyl (C=O) groups is 1. The monoisotopic (exact) mass is 263 g/mol. The van der Waals surface area contributed by atoms with Crippen LogP contribution in [0.4, 0.5) is 0 Å². The number of carbonyl (C=O) groups excluding carboxylic acids is 1. The zero-order valence-electron chi connectivity index (χ0n) is 11.4. The molecule has 104 valence electrons. The molecule has 4 nitrogen and oxygen atoms in total. The zero-order valence-corrected chi connectivity index (χ0v) is 11.4. The van der Waals surface area contributed by atoms with Crippen molar-refractivity contribution in [2.45, 2.75) is 31.9 Å². The normalized spacial score (nSPS) is 22.9. The van der Waals surface area contributed by atoms with Gasteiger partial charge in [-0.1, -0.05) is 31.2 Å². The Morgan fingerprint density at radius 2 is 2.26 bits per heavy atom. The molecule has 1 aliphatic carbocycles. The van der Waals surface area contributed by atoms with Gasteiger partial charge in [0.15, 0.2) is 0 Å². The van der Waals surface area contributed by atoms with E-state index in [2.05, 4.69) is 5.32 Å². The standard InChI is InChI=1S/C15H21NO3/c1-10(9-19-2)7-14(18)16-15-12-6-4-3-5-11(12)8-13(15)17/h3-6,10,13,15,17H,7-9H2,1-2H3,(H,16,18)/t10?,13-,15+/m1/s1. The van der Waals surface area contributed by atoms with Gasteiger partial charge in [0.2, 0.25) is 5.91 Å². The summed E-state index contributed by atoms with van der Waals surface area (Å²) in [5.41, 5.74) is 2.15. The van der Waals surface area contributed by atoms with Crippen LogP contribution < -0.4 is 5.32 Å². The van der Waals surface area contributed by atoms with Gasteiger partial charge in [-0.25, -0.2) is 0 Å². The minimum absolute atomic E-state index is 0.0368. The Bertz CT molecular complexity index is 447. The second-order valence-electron chi connectivity index (χ2n) is 5.28. The maximum atomic E-state index is 12.0. The van der Waals surface area contributed by atoms with Gasteiger partial charge < -0.3 is 15.2 Å². The molecule has 1 unspecified atom stereocenters. The molecule has 4 heteroatoms. The Morgan fingerprint density at radius 3 is 3.00 bits per heavy atom. The van der Waals surface area contributed by atoms with Gasteiger partial charge in [-0.2, -0.15) is 0 Å². The number of hydrogen-bond acceptors (Lipinski definition) is 3. The first-order chi connectivity index (χ1) is 9.11. The zero-order chi connectivity index (χ0) is 13.8. The van der Waals surface area contributed by atoms with Crippen molar-refractivity contribution in [1.29, 1.82) is 0 Å². The molecule has 1 aliphatic rings. The number of nitrogens with one attached hydrogen (secondary N) is 1. The van der Waals surface area contributed by atoms with Crippen molar-refractivity contribution < 1.29 is 14.6 Å². The van der Waals surface area contributed by atoms with E-state index < -0.39 is 6.10 Å². The quantitative estimate of drug-likeness (QED) is 0.845. The molecule has 1 aromatic rings. The lowest BCUT2D eigenvalue weighted by Crippen LogP contribution is -2.34. The summed E-state index contributed by atoms with van der Waals surface area (Å²) in [5, 5.41) is 13.0. The van der Waals surface area contributed by atoms with Crippen molar-refractivity contribution >= 4 is 5.91 Å². The molecule has 0 heterocycles. The van der Waals surface area contributed by atoms with Gasteiger partial charge in [0.1, 0.15) is 0 Å². The first-order valence-electron chi connectivity index (χ1n) is 6.66. The van der Waals surface area contributed by atoms with E-state index in [0.29, 0.717) is 19.4 Å². The molecule has 0 bridgehead atoms. The first-order valence-corrected chi connectivity index (χ1v) is 6.66. The lowest BCUT2D eigenvalue weighted by molar-refractivity contribution is -0.123. The molecule has 0 aliphatic heterocycles. The molecule has 0 saturated heterocycles. The third-order valence-corrected chi connectivity index (χ3v) is 3.51. The van der Waals surface area contributed by atoms with E-state index in [1.165, 1.54) is 0 Å². The van der Waals surface area contributed by atoms with E-state index in [1.807, 2.05) is 31.2 Å². The number of ether oxygens (including phenoxy) is 1. The van der Waals surface area contributed by atoms with Crippen LogP contribution in [0.25, 0.3) is 0 Å². The third kappa shape index (κ3) is 3.33. The highest BCUT2D eigenvalue weighted by Crippen LogP contribution is 2.31. The number of methoxy groups -OCH3 is 1. The van der Waals surface area contributed by atoms with Crippen LogP contribution in [0.3, 0.4) is 0 Å². The van der Waals surface area contributed by atoms with Gasteiger partial charge in [-0.05, 0) is 17.0 Å². The van der Waals surface area contributed by atoms with Crippen LogP contribution >= 0.6 is 0 Å². The highest BCUT2D eigenvalue weighted by molar-refractivity contribution is 5.77. The fourth-order valence-corrected chi connectivity index (χ4v) is 2.64. The van der Waals surface area contributed by atoms with Crippen LogP contribution in [-0.2, 0) is 16.0 Å². The van der Waals surface area contributed by atoms with E-state index in [9.17, 15) is 9.90 Å². The molecular formula is C15H21NO3. The Balaban J connectivity index is 1.97. The topological polar surface area (TPSA) is 58.6 Å². The van der Waals surface area contributed by atoms with Crippen LogP contribution in [-0.4, -0.2) is 30.8 Å². The summed E-state index contributed by atoms with van der Waals surface area (Å²) in [7, 11) is 1.63. The smallest absolute Gasteiger partial charge is 0.220 e. The maximum Gasteiger partial charge on any atom is 0.220 e. The van der Waals surface area contributed by atoms with Gasteiger partial charge in [-0.15, -0.1) is 0 Å². The Labute approximate surface area is 113 Å². The average Bonchev–Trinajstić information content (AvgIpc) is 2.66. The van der Waals surface area contributed by atoms with Crippen LogP contribution in [0, 0.1) is 5.92 Å². The molecule has 19 heavy (non-hydrogen) atoms. The molecule has 3 atom stereocenters. The number of hydrogen-bond donors (Lipinski definition) is 2. The van der Waals surface area contributed by atoms with Crippen molar-refractivity contribution in [3.05, 3.63) is 35.4 Å². The average molecular weight is 263 g/mol. The van der Waals surface area contributed by atoms with Crippen molar-refractivity contribution in [3.63, 3.8) is 0 Å². The van der Waals surface area contributed by atoms with Crippen LogP contribution in [0.2, 0.25) is 0 Å². The van der Waals surface area contributed by atoms with Crippen molar-refractivity contribution in [2.24, 2.45) is 5.92 Å². The molecule has 2 N–H and O–H groups in total. The second-order valence-corrected chi connectivity index (χ2v) is 5.28. The van der Waals surface area contributed by atoms with E-state index >= 15 is 0 Å². The highest BCUT2D eigenvalue weighted by Gasteiger charge is 2.31. The number of fused-ring (bicyclic) bond motifs is 1.